The van der Waals surface area contributed by atoms with Crippen molar-refractivity contribution in [2.75, 3.05) is 0 Å². The van der Waals surface area contributed by atoms with Crippen LogP contribution in [0, 0.1) is 6.42 Å². The third kappa shape index (κ3) is 2.39. The van der Waals surface area contributed by atoms with Gasteiger partial charge < -0.3 is 0 Å². The van der Waals surface area contributed by atoms with E-state index in [9.17, 15) is 0 Å². The molecule has 13 heavy (non-hydrogen) atoms. The van der Waals surface area contributed by atoms with Gasteiger partial charge in [0.1, 0.15) is 0 Å². The summed E-state index contributed by atoms with van der Waals surface area (Å²) in [7, 11) is 0. The highest BCUT2D eigenvalue weighted by Crippen LogP contribution is 2.08. The van der Waals surface area contributed by atoms with E-state index in [0.717, 1.165) is 18.5 Å². The van der Waals surface area contributed by atoms with Crippen LogP contribution in [0.4, 0.5) is 0 Å². The Morgan fingerprint density at radius 3 is 3.23 bits per heavy atom. The Balaban J connectivity index is 1.76. The van der Waals surface area contributed by atoms with Crippen molar-refractivity contribution in [1.82, 2.24) is 15.2 Å². The molecular formula is C9H10N3S. The summed E-state index contributed by atoms with van der Waals surface area (Å²) in [6, 6.07) is 0. The van der Waals surface area contributed by atoms with E-state index in [4.69, 9.17) is 0 Å². The summed E-state index contributed by atoms with van der Waals surface area (Å²) in [6.07, 6.45) is 7.96. The molecule has 0 atom stereocenters. The van der Waals surface area contributed by atoms with Crippen molar-refractivity contribution in [3.8, 4) is 0 Å². The fraction of sp³-hybridized carbons (Fsp3) is 0.222. The fourth-order valence-electron chi connectivity index (χ4n) is 1.12. The number of H-pyrrole nitrogens is 1. The number of nitrogens with one attached hydrogen (secondary N) is 1. The zero-order chi connectivity index (χ0) is 8.93. The van der Waals surface area contributed by atoms with Crippen LogP contribution in [0.15, 0.2) is 23.3 Å². The SMILES string of the molecule is [CH](CCc1cn[nH]c1)c1cscn1. The molecule has 0 aromatic carbocycles. The Morgan fingerprint density at radius 1 is 1.54 bits per heavy atom. The molecule has 2 heterocycles. The molecule has 0 aliphatic heterocycles. The van der Waals surface area contributed by atoms with Crippen LogP contribution in [0.2, 0.25) is 0 Å². The number of hydrogen-bond acceptors (Lipinski definition) is 3. The number of nitrogens with zero attached hydrogens (tertiary/aromatic N) is 2. The normalized spacial score (nSPS) is 10.5. The van der Waals surface area contributed by atoms with Gasteiger partial charge in [0, 0.05) is 18.0 Å². The monoisotopic (exact) mass is 192 g/mol. The Morgan fingerprint density at radius 2 is 2.54 bits per heavy atom. The molecule has 3 nitrogen and oxygen atoms in total. The van der Waals surface area contributed by atoms with E-state index in [1.807, 2.05) is 17.9 Å². The molecule has 0 bridgehead atoms. The molecule has 2 rings (SSSR count). The molecule has 0 aliphatic rings. The first-order valence-corrected chi connectivity index (χ1v) is 5.08. The summed E-state index contributed by atoms with van der Waals surface area (Å²) >= 11 is 1.63. The average molecular weight is 192 g/mol. The van der Waals surface area contributed by atoms with Crippen LogP contribution in [0.1, 0.15) is 17.7 Å². The van der Waals surface area contributed by atoms with Crippen LogP contribution in [-0.2, 0) is 6.42 Å². The maximum Gasteiger partial charge on any atom is 0.0794 e. The van der Waals surface area contributed by atoms with E-state index in [1.165, 1.54) is 5.56 Å². The average Bonchev–Trinajstić information content (AvgIpc) is 2.75. The molecule has 0 spiro atoms. The van der Waals surface area contributed by atoms with Crippen molar-refractivity contribution in [2.24, 2.45) is 0 Å². The molecule has 0 amide bonds. The van der Waals surface area contributed by atoms with Crippen LogP contribution < -0.4 is 0 Å². The van der Waals surface area contributed by atoms with Crippen molar-refractivity contribution >= 4 is 11.3 Å². The first-order valence-electron chi connectivity index (χ1n) is 4.14. The quantitative estimate of drug-likeness (QED) is 0.805. The Bertz CT molecular complexity index is 291. The van der Waals surface area contributed by atoms with Gasteiger partial charge in [-0.25, -0.2) is 4.98 Å². The van der Waals surface area contributed by atoms with Crippen molar-refractivity contribution in [3.05, 3.63) is 41.0 Å². The van der Waals surface area contributed by atoms with Gasteiger partial charge in [0.25, 0.3) is 0 Å². The van der Waals surface area contributed by atoms with E-state index in [1.54, 1.807) is 11.3 Å². The molecular weight excluding hydrogens is 182 g/mol. The van der Waals surface area contributed by atoms with Crippen molar-refractivity contribution in [1.29, 1.82) is 0 Å². The molecule has 0 aliphatic carbocycles. The summed E-state index contributed by atoms with van der Waals surface area (Å²) in [6.45, 7) is 0. The van der Waals surface area contributed by atoms with Gasteiger partial charge in [-0.15, -0.1) is 11.3 Å². The molecule has 2 aromatic rings. The summed E-state index contributed by atoms with van der Waals surface area (Å²) in [5, 5.41) is 8.73. The second-order valence-corrected chi connectivity index (χ2v) is 3.48. The van der Waals surface area contributed by atoms with Crippen LogP contribution in [0.5, 0.6) is 0 Å². The van der Waals surface area contributed by atoms with Crippen LogP contribution in [0.3, 0.4) is 0 Å². The van der Waals surface area contributed by atoms with Gasteiger partial charge in [-0.2, -0.15) is 5.10 Å². The molecule has 2 aromatic heterocycles. The lowest BCUT2D eigenvalue weighted by molar-refractivity contribution is 0.940. The largest absolute Gasteiger partial charge is 0.285 e. The summed E-state index contributed by atoms with van der Waals surface area (Å²) in [4.78, 5) is 4.17. The minimum absolute atomic E-state index is 1.02. The van der Waals surface area contributed by atoms with Crippen LogP contribution in [-0.4, -0.2) is 15.2 Å². The van der Waals surface area contributed by atoms with Gasteiger partial charge in [-0.05, 0) is 18.4 Å². The number of aromatic nitrogens is 3. The van der Waals surface area contributed by atoms with Crippen molar-refractivity contribution < 1.29 is 0 Å². The topological polar surface area (TPSA) is 41.6 Å². The lowest BCUT2D eigenvalue weighted by Crippen LogP contribution is -1.85. The maximum atomic E-state index is 4.17. The summed E-state index contributed by atoms with van der Waals surface area (Å²) in [5.74, 6) is 0. The van der Waals surface area contributed by atoms with E-state index < -0.39 is 0 Å². The van der Waals surface area contributed by atoms with Crippen LogP contribution >= 0.6 is 11.3 Å². The van der Waals surface area contributed by atoms with Gasteiger partial charge in [0.05, 0.1) is 17.4 Å². The third-order valence-electron chi connectivity index (χ3n) is 1.79. The zero-order valence-corrected chi connectivity index (χ0v) is 7.92. The van der Waals surface area contributed by atoms with Gasteiger partial charge in [-0.3, -0.25) is 5.10 Å². The molecule has 0 saturated carbocycles. The predicted molar refractivity (Wildman–Crippen MR) is 52.4 cm³/mol. The second-order valence-electron chi connectivity index (χ2n) is 2.76. The number of aromatic amines is 1. The molecule has 0 fully saturated rings. The standard InChI is InChI=1S/C9H10N3S/c1(2-8-4-11-12-5-8)3-9-6-13-7-10-9/h3-7H,1-2H2,(H,11,12). The molecule has 1 radical (unpaired) electrons. The molecule has 67 valence electrons. The minimum Gasteiger partial charge on any atom is -0.285 e. The lowest BCUT2D eigenvalue weighted by Gasteiger charge is -1.94. The van der Waals surface area contributed by atoms with E-state index >= 15 is 0 Å². The zero-order valence-electron chi connectivity index (χ0n) is 7.10. The van der Waals surface area contributed by atoms with E-state index in [2.05, 4.69) is 27.0 Å². The molecule has 1 N–H and O–H groups in total. The molecule has 0 unspecified atom stereocenters. The third-order valence-corrected chi connectivity index (χ3v) is 2.40. The molecule has 4 heteroatoms. The van der Waals surface area contributed by atoms with Gasteiger partial charge in [-0.1, -0.05) is 0 Å². The fourth-order valence-corrected chi connectivity index (χ4v) is 1.66. The highest BCUT2D eigenvalue weighted by Gasteiger charge is 1.97. The van der Waals surface area contributed by atoms with Gasteiger partial charge in [0.2, 0.25) is 0 Å². The van der Waals surface area contributed by atoms with Crippen LogP contribution in [0.25, 0.3) is 0 Å². The Hall–Kier alpha value is -1.16. The maximum absolute atomic E-state index is 4.17. The Labute approximate surface area is 80.8 Å². The summed E-state index contributed by atoms with van der Waals surface area (Å²) in [5.41, 5.74) is 4.17. The highest BCUT2D eigenvalue weighted by molar-refractivity contribution is 7.07. The predicted octanol–water partition coefficient (Wildman–Crippen LogP) is 2.05. The lowest BCUT2D eigenvalue weighted by atomic mass is 10.1. The number of thiazole rings is 1. The molecule has 0 saturated heterocycles. The van der Waals surface area contributed by atoms with E-state index in [0.29, 0.717) is 0 Å². The van der Waals surface area contributed by atoms with Gasteiger partial charge in [0.15, 0.2) is 0 Å². The number of rotatable bonds is 4. The number of hydrogen-bond donors (Lipinski definition) is 1. The number of aryl methyl sites for hydroxylation is 1. The first-order chi connectivity index (χ1) is 6.45. The van der Waals surface area contributed by atoms with E-state index in [-0.39, 0.29) is 0 Å². The van der Waals surface area contributed by atoms with Gasteiger partial charge >= 0.3 is 0 Å². The van der Waals surface area contributed by atoms with Crippen molar-refractivity contribution in [2.45, 2.75) is 12.8 Å². The summed E-state index contributed by atoms with van der Waals surface area (Å²) < 4.78 is 0. The first kappa shape index (κ1) is 8.44. The highest BCUT2D eigenvalue weighted by atomic mass is 32.1. The second kappa shape index (κ2) is 4.18. The minimum atomic E-state index is 1.02. The van der Waals surface area contributed by atoms with Crippen molar-refractivity contribution in [3.63, 3.8) is 0 Å². The smallest absolute Gasteiger partial charge is 0.0794 e. The Kier molecular flexibility index (Phi) is 2.72.